The number of nitrogens with zero attached hydrogens (tertiary/aromatic N) is 2. The van der Waals surface area contributed by atoms with Gasteiger partial charge in [0.1, 0.15) is 4.88 Å². The van der Waals surface area contributed by atoms with Gasteiger partial charge in [0.25, 0.3) is 5.91 Å². The predicted octanol–water partition coefficient (Wildman–Crippen LogP) is 2.86. The van der Waals surface area contributed by atoms with Gasteiger partial charge in [-0.25, -0.2) is 4.79 Å². The Kier molecular flexibility index (Phi) is 3.78. The minimum Gasteiger partial charge on any atom is -0.465 e. The summed E-state index contributed by atoms with van der Waals surface area (Å²) in [6, 6.07) is 7.53. The van der Waals surface area contributed by atoms with Crippen molar-refractivity contribution in [2.45, 2.75) is 26.4 Å². The van der Waals surface area contributed by atoms with Crippen LogP contribution in [0.2, 0.25) is 0 Å². The molecule has 0 saturated heterocycles. The van der Waals surface area contributed by atoms with Crippen LogP contribution in [0.25, 0.3) is 0 Å². The highest BCUT2D eigenvalue weighted by molar-refractivity contribution is 7.15. The van der Waals surface area contributed by atoms with E-state index in [1.54, 1.807) is 12.1 Å². The van der Waals surface area contributed by atoms with Crippen molar-refractivity contribution in [3.05, 3.63) is 45.4 Å². The molecule has 1 aliphatic heterocycles. The molecule has 2 aromatic rings. The Morgan fingerprint density at radius 2 is 1.91 bits per heavy atom. The summed E-state index contributed by atoms with van der Waals surface area (Å²) in [5.74, 6) is -0.432. The van der Waals surface area contributed by atoms with Crippen molar-refractivity contribution < 1.29 is 14.3 Å². The van der Waals surface area contributed by atoms with Crippen molar-refractivity contribution in [2.75, 3.05) is 13.7 Å². The van der Waals surface area contributed by atoms with Gasteiger partial charge in [0.05, 0.1) is 18.0 Å². The third-order valence-corrected chi connectivity index (χ3v) is 5.21. The molecule has 116 valence electrons. The average Bonchev–Trinajstić information content (AvgIpc) is 3.14. The Morgan fingerprint density at radius 1 is 1.18 bits per heavy atom. The topological polar surface area (TPSA) is 51.5 Å². The van der Waals surface area contributed by atoms with Crippen LogP contribution in [0.15, 0.2) is 24.3 Å². The molecule has 0 aliphatic carbocycles. The third kappa shape index (κ3) is 2.33. The lowest BCUT2D eigenvalue weighted by molar-refractivity contribution is 0.0605. The minimum absolute atomic E-state index is 0.0265. The molecule has 0 aromatic carbocycles. The molecule has 22 heavy (non-hydrogen) atoms. The molecule has 1 aliphatic rings. The van der Waals surface area contributed by atoms with E-state index in [9.17, 15) is 9.59 Å². The fraction of sp³-hybridized carbons (Fsp3) is 0.375. The normalized spacial score (nSPS) is 17.2. The van der Waals surface area contributed by atoms with Crippen molar-refractivity contribution >= 4 is 23.2 Å². The van der Waals surface area contributed by atoms with E-state index < -0.39 is 5.97 Å². The molecule has 0 radical (unpaired) electrons. The van der Waals surface area contributed by atoms with Gasteiger partial charge >= 0.3 is 5.97 Å². The molecule has 5 nitrogen and oxygen atoms in total. The minimum atomic E-state index is -0.403. The van der Waals surface area contributed by atoms with Crippen LogP contribution in [0.3, 0.4) is 0 Å². The van der Waals surface area contributed by atoms with Gasteiger partial charge in [0.15, 0.2) is 0 Å². The van der Waals surface area contributed by atoms with E-state index in [2.05, 4.69) is 28.4 Å². The fourth-order valence-corrected chi connectivity index (χ4v) is 3.78. The Morgan fingerprint density at radius 3 is 2.64 bits per heavy atom. The van der Waals surface area contributed by atoms with E-state index in [1.165, 1.54) is 24.1 Å². The molecular weight excluding hydrogens is 300 g/mol. The average molecular weight is 318 g/mol. The number of hydrogen-bond acceptors (Lipinski definition) is 4. The second-order valence-corrected chi connectivity index (χ2v) is 6.46. The molecule has 0 N–H and O–H groups in total. The lowest BCUT2D eigenvalue weighted by atomic mass is 10.1. The summed E-state index contributed by atoms with van der Waals surface area (Å²) in [7, 11) is 1.34. The number of esters is 1. The van der Waals surface area contributed by atoms with Gasteiger partial charge in [-0.15, -0.1) is 11.3 Å². The SMILES string of the molecule is COC(=O)c1ccc(C(=O)N2CCn3c(C)ccc3[C@H]2C)s1. The van der Waals surface area contributed by atoms with Crippen molar-refractivity contribution in [1.29, 1.82) is 0 Å². The molecule has 0 saturated carbocycles. The van der Waals surface area contributed by atoms with E-state index in [0.29, 0.717) is 16.3 Å². The summed E-state index contributed by atoms with van der Waals surface area (Å²) >= 11 is 1.18. The van der Waals surface area contributed by atoms with Gasteiger partial charge in [-0.2, -0.15) is 0 Å². The number of hydrogen-bond donors (Lipinski definition) is 0. The quantitative estimate of drug-likeness (QED) is 0.800. The molecule has 0 unspecified atom stereocenters. The van der Waals surface area contributed by atoms with Crippen LogP contribution in [-0.4, -0.2) is 35.0 Å². The van der Waals surface area contributed by atoms with E-state index >= 15 is 0 Å². The molecule has 1 atom stereocenters. The molecule has 0 bridgehead atoms. The number of aryl methyl sites for hydroxylation is 1. The first-order chi connectivity index (χ1) is 10.5. The van der Waals surface area contributed by atoms with Crippen LogP contribution < -0.4 is 0 Å². The zero-order valence-corrected chi connectivity index (χ0v) is 13.6. The summed E-state index contributed by atoms with van der Waals surface area (Å²) in [6.45, 7) is 5.60. The summed E-state index contributed by atoms with van der Waals surface area (Å²) in [5, 5.41) is 0. The van der Waals surface area contributed by atoms with Gasteiger partial charge in [-0.1, -0.05) is 0 Å². The van der Waals surface area contributed by atoms with Gasteiger partial charge in [-0.3, -0.25) is 4.79 Å². The molecule has 6 heteroatoms. The van der Waals surface area contributed by atoms with Crippen LogP contribution in [0.4, 0.5) is 0 Å². The largest absolute Gasteiger partial charge is 0.465 e. The molecule has 0 spiro atoms. The number of fused-ring (bicyclic) bond motifs is 1. The monoisotopic (exact) mass is 318 g/mol. The van der Waals surface area contributed by atoms with Crippen molar-refractivity contribution in [3.8, 4) is 0 Å². The standard InChI is InChI=1S/C16H18N2O3S/c1-10-4-5-12-11(2)18(9-8-17(10)12)15(19)13-6-7-14(22-13)16(20)21-3/h4-7,11H,8-9H2,1-3H3/t11-/m1/s1. The number of thiophene rings is 1. The van der Waals surface area contributed by atoms with Crippen molar-refractivity contribution in [1.82, 2.24) is 9.47 Å². The van der Waals surface area contributed by atoms with E-state index in [-0.39, 0.29) is 11.9 Å². The first-order valence-corrected chi connectivity index (χ1v) is 7.99. The Balaban J connectivity index is 1.84. The van der Waals surface area contributed by atoms with Crippen molar-refractivity contribution in [3.63, 3.8) is 0 Å². The maximum absolute atomic E-state index is 12.7. The second-order valence-electron chi connectivity index (χ2n) is 5.38. The van der Waals surface area contributed by atoms with Gasteiger partial charge < -0.3 is 14.2 Å². The Labute approximate surface area is 133 Å². The molecule has 3 rings (SSSR count). The summed E-state index contributed by atoms with van der Waals surface area (Å²) in [5.41, 5.74) is 2.37. The Hall–Kier alpha value is -2.08. The maximum Gasteiger partial charge on any atom is 0.348 e. The molecule has 0 fully saturated rings. The highest BCUT2D eigenvalue weighted by Gasteiger charge is 2.30. The van der Waals surface area contributed by atoms with Crippen LogP contribution in [0.5, 0.6) is 0 Å². The number of amides is 1. The number of carbonyl (C=O) groups is 2. The maximum atomic E-state index is 12.7. The van der Waals surface area contributed by atoms with E-state index in [1.807, 2.05) is 11.8 Å². The molecule has 1 amide bonds. The molecule has 3 heterocycles. The summed E-state index contributed by atoms with van der Waals surface area (Å²) in [4.78, 5) is 27.1. The lowest BCUT2D eigenvalue weighted by Gasteiger charge is -2.35. The van der Waals surface area contributed by atoms with Crippen LogP contribution >= 0.6 is 11.3 Å². The number of rotatable bonds is 2. The van der Waals surface area contributed by atoms with Crippen LogP contribution in [0.1, 0.15) is 43.7 Å². The number of methoxy groups -OCH3 is 1. The molecular formula is C16H18N2O3S. The second kappa shape index (κ2) is 5.61. The summed E-state index contributed by atoms with van der Waals surface area (Å²) in [6.07, 6.45) is 0. The van der Waals surface area contributed by atoms with Gasteiger partial charge in [-0.05, 0) is 38.1 Å². The first kappa shape index (κ1) is 14.8. The van der Waals surface area contributed by atoms with E-state index in [4.69, 9.17) is 0 Å². The van der Waals surface area contributed by atoms with Gasteiger partial charge in [0, 0.05) is 24.5 Å². The third-order valence-electron chi connectivity index (χ3n) is 4.16. The predicted molar refractivity (Wildman–Crippen MR) is 84.3 cm³/mol. The van der Waals surface area contributed by atoms with E-state index in [0.717, 1.165) is 12.2 Å². The number of ether oxygens (including phenoxy) is 1. The zero-order valence-electron chi connectivity index (χ0n) is 12.8. The fourth-order valence-electron chi connectivity index (χ4n) is 2.90. The van der Waals surface area contributed by atoms with Crippen LogP contribution in [0, 0.1) is 6.92 Å². The molecule has 2 aromatic heterocycles. The lowest BCUT2D eigenvalue weighted by Crippen LogP contribution is -2.40. The van der Waals surface area contributed by atoms with Gasteiger partial charge in [0.2, 0.25) is 0 Å². The number of carbonyl (C=O) groups excluding carboxylic acids is 2. The highest BCUT2D eigenvalue weighted by atomic mass is 32.1. The highest BCUT2D eigenvalue weighted by Crippen LogP contribution is 2.30. The number of aromatic nitrogens is 1. The van der Waals surface area contributed by atoms with Crippen molar-refractivity contribution in [2.24, 2.45) is 0 Å². The Bertz CT molecular complexity index is 732. The summed E-state index contributed by atoms with van der Waals surface area (Å²) < 4.78 is 6.94. The first-order valence-electron chi connectivity index (χ1n) is 7.18. The smallest absolute Gasteiger partial charge is 0.348 e. The zero-order chi connectivity index (χ0) is 15.9. The van der Waals surface area contributed by atoms with Crippen LogP contribution in [-0.2, 0) is 11.3 Å².